The molecule has 0 unspecified atom stereocenters. The Labute approximate surface area is 197 Å². The highest BCUT2D eigenvalue weighted by Crippen LogP contribution is 2.29. The van der Waals surface area contributed by atoms with Crippen molar-refractivity contribution in [3.63, 3.8) is 0 Å². The van der Waals surface area contributed by atoms with E-state index < -0.39 is 0 Å². The lowest BCUT2D eigenvalue weighted by molar-refractivity contribution is 0.789. The van der Waals surface area contributed by atoms with E-state index in [1.807, 2.05) is 55.7 Å². The van der Waals surface area contributed by atoms with E-state index in [4.69, 9.17) is 32.7 Å². The summed E-state index contributed by atoms with van der Waals surface area (Å²) in [5.41, 5.74) is 13.0. The number of pyridine rings is 1. The maximum Gasteiger partial charge on any atom is 0.169 e. The minimum atomic E-state index is 0.175. The summed E-state index contributed by atoms with van der Waals surface area (Å²) in [6.07, 6.45) is 4.52. The lowest BCUT2D eigenvalue weighted by Crippen LogP contribution is -2.10. The molecule has 0 spiro atoms. The number of benzene rings is 1. The molecule has 4 aromatic rings. The molecule has 0 amide bonds. The van der Waals surface area contributed by atoms with Gasteiger partial charge in [-0.25, -0.2) is 19.9 Å². The van der Waals surface area contributed by atoms with Gasteiger partial charge >= 0.3 is 0 Å². The molecule has 0 atom stereocenters. The van der Waals surface area contributed by atoms with Crippen molar-refractivity contribution in [3.05, 3.63) is 60.0 Å². The van der Waals surface area contributed by atoms with Gasteiger partial charge in [0, 0.05) is 30.5 Å². The minimum absolute atomic E-state index is 0.175. The van der Waals surface area contributed by atoms with Gasteiger partial charge in [-0.3, -0.25) is 9.98 Å². The number of halogens is 1. The SMILES string of the molecule is CC.CCN/N=C\C(=N)c1ccc2nc(-c3nccnc3N)n(-c3ccc(CCl)cc3)c2n1. The van der Waals surface area contributed by atoms with Crippen LogP contribution in [0.5, 0.6) is 0 Å². The summed E-state index contributed by atoms with van der Waals surface area (Å²) < 4.78 is 1.85. The lowest BCUT2D eigenvalue weighted by atomic mass is 10.2. The second kappa shape index (κ2) is 11.1. The highest BCUT2D eigenvalue weighted by Gasteiger charge is 2.19. The number of hydrazone groups is 1. The number of alkyl halides is 1. The van der Waals surface area contributed by atoms with Crippen molar-refractivity contribution >= 4 is 40.5 Å². The molecule has 170 valence electrons. The Morgan fingerprint density at radius 3 is 2.52 bits per heavy atom. The Kier molecular flexibility index (Phi) is 8.04. The molecule has 9 nitrogen and oxygen atoms in total. The number of fused-ring (bicyclic) bond motifs is 1. The van der Waals surface area contributed by atoms with Crippen LogP contribution in [0.25, 0.3) is 28.4 Å². The Hall–Kier alpha value is -3.85. The summed E-state index contributed by atoms with van der Waals surface area (Å²) in [5.74, 6) is 1.19. The Balaban J connectivity index is 0.00000149. The van der Waals surface area contributed by atoms with Crippen LogP contribution < -0.4 is 11.2 Å². The summed E-state index contributed by atoms with van der Waals surface area (Å²) in [5, 5.41) is 12.3. The van der Waals surface area contributed by atoms with Crippen LogP contribution in [0.4, 0.5) is 5.82 Å². The number of imidazole rings is 1. The van der Waals surface area contributed by atoms with Crippen molar-refractivity contribution in [3.8, 4) is 17.2 Å². The van der Waals surface area contributed by atoms with E-state index in [0.29, 0.717) is 40.8 Å². The third kappa shape index (κ3) is 5.15. The van der Waals surface area contributed by atoms with Gasteiger partial charge in [-0.1, -0.05) is 26.0 Å². The van der Waals surface area contributed by atoms with E-state index >= 15 is 0 Å². The average Bonchev–Trinajstić information content (AvgIpc) is 3.24. The topological polar surface area (TPSA) is 131 Å². The maximum absolute atomic E-state index is 8.28. The predicted molar refractivity (Wildman–Crippen MR) is 134 cm³/mol. The summed E-state index contributed by atoms with van der Waals surface area (Å²) in [6.45, 7) is 6.60. The number of anilines is 1. The zero-order valence-electron chi connectivity index (χ0n) is 18.7. The molecule has 0 aliphatic carbocycles. The predicted octanol–water partition coefficient (Wildman–Crippen LogP) is 4.19. The zero-order chi connectivity index (χ0) is 23.8. The number of aromatic nitrogens is 5. The highest BCUT2D eigenvalue weighted by atomic mass is 35.5. The summed E-state index contributed by atoms with van der Waals surface area (Å²) in [7, 11) is 0. The van der Waals surface area contributed by atoms with Gasteiger partial charge in [0.2, 0.25) is 0 Å². The highest BCUT2D eigenvalue weighted by molar-refractivity contribution is 6.36. The Morgan fingerprint density at radius 1 is 1.12 bits per heavy atom. The third-order valence-electron chi connectivity index (χ3n) is 4.51. The quantitative estimate of drug-likeness (QED) is 0.214. The molecule has 0 aliphatic heterocycles. The van der Waals surface area contributed by atoms with Crippen molar-refractivity contribution in [1.82, 2.24) is 29.9 Å². The van der Waals surface area contributed by atoms with Crippen molar-refractivity contribution in [1.29, 1.82) is 5.41 Å². The van der Waals surface area contributed by atoms with Gasteiger partial charge < -0.3 is 11.2 Å². The first kappa shape index (κ1) is 23.8. The fourth-order valence-electron chi connectivity index (χ4n) is 3.03. The van der Waals surface area contributed by atoms with Gasteiger partial charge in [0.1, 0.15) is 11.2 Å². The number of nitrogens with two attached hydrogens (primary N) is 1. The van der Waals surface area contributed by atoms with Crippen LogP contribution in [0, 0.1) is 5.41 Å². The monoisotopic (exact) mass is 463 g/mol. The van der Waals surface area contributed by atoms with E-state index in [1.54, 1.807) is 12.3 Å². The van der Waals surface area contributed by atoms with E-state index in [0.717, 1.165) is 11.3 Å². The van der Waals surface area contributed by atoms with Crippen molar-refractivity contribution < 1.29 is 0 Å². The molecule has 0 saturated carbocycles. The largest absolute Gasteiger partial charge is 0.382 e. The summed E-state index contributed by atoms with van der Waals surface area (Å²) >= 11 is 5.95. The second-order valence-electron chi connectivity index (χ2n) is 6.58. The van der Waals surface area contributed by atoms with Crippen LogP contribution >= 0.6 is 11.6 Å². The number of nitrogens with one attached hydrogen (secondary N) is 2. The van der Waals surface area contributed by atoms with E-state index in [2.05, 4.69) is 20.5 Å². The van der Waals surface area contributed by atoms with Crippen LogP contribution in [-0.4, -0.2) is 43.0 Å². The summed E-state index contributed by atoms with van der Waals surface area (Å²) in [6, 6.07) is 11.3. The first-order valence-corrected chi connectivity index (χ1v) is 11.1. The molecule has 33 heavy (non-hydrogen) atoms. The van der Waals surface area contributed by atoms with E-state index in [1.165, 1.54) is 12.4 Å². The lowest BCUT2D eigenvalue weighted by Gasteiger charge is -2.10. The maximum atomic E-state index is 8.28. The molecule has 0 radical (unpaired) electrons. The third-order valence-corrected chi connectivity index (χ3v) is 4.82. The first-order chi connectivity index (χ1) is 16.1. The van der Waals surface area contributed by atoms with Crippen molar-refractivity contribution in [2.45, 2.75) is 26.7 Å². The number of nitrogens with zero attached hydrogens (tertiary/aromatic N) is 6. The summed E-state index contributed by atoms with van der Waals surface area (Å²) in [4.78, 5) is 17.9. The Bertz CT molecular complexity index is 1260. The molecule has 3 aromatic heterocycles. The fourth-order valence-corrected chi connectivity index (χ4v) is 3.21. The average molecular weight is 464 g/mol. The molecule has 0 bridgehead atoms. The van der Waals surface area contributed by atoms with Crippen LogP contribution in [0.1, 0.15) is 32.0 Å². The van der Waals surface area contributed by atoms with Crippen LogP contribution in [0.2, 0.25) is 0 Å². The molecule has 0 saturated heterocycles. The molecule has 4 rings (SSSR count). The van der Waals surface area contributed by atoms with Gasteiger partial charge in [-0.15, -0.1) is 11.6 Å². The van der Waals surface area contributed by atoms with Crippen LogP contribution in [-0.2, 0) is 5.88 Å². The van der Waals surface area contributed by atoms with E-state index in [9.17, 15) is 0 Å². The van der Waals surface area contributed by atoms with Crippen LogP contribution in [0.15, 0.2) is 53.9 Å². The second-order valence-corrected chi connectivity index (χ2v) is 6.85. The minimum Gasteiger partial charge on any atom is -0.382 e. The fraction of sp³-hybridized carbons (Fsp3) is 0.217. The number of rotatable bonds is 7. The number of nitrogen functional groups attached to an aromatic ring is 1. The van der Waals surface area contributed by atoms with Crippen LogP contribution in [0.3, 0.4) is 0 Å². The first-order valence-electron chi connectivity index (χ1n) is 10.6. The molecular formula is C23H26ClN9. The van der Waals surface area contributed by atoms with Gasteiger partial charge in [-0.2, -0.15) is 5.10 Å². The molecule has 10 heteroatoms. The standard InChI is InChI=1S/C21H20ClN9.C2H6/c1-2-27-28-12-15(23)16-7-8-17-20(29-16)31(14-5-3-13(11-22)4-6-14)21(30-17)18-19(24)26-10-9-25-18;1-2/h3-10,12,23,27H,2,11H2,1H3,(H2,24,26);1-2H3/b23-15?,28-12-;. The molecular weight excluding hydrogens is 438 g/mol. The molecule has 3 heterocycles. The number of hydrogen-bond acceptors (Lipinski definition) is 8. The van der Waals surface area contributed by atoms with Gasteiger partial charge in [0.05, 0.1) is 17.6 Å². The molecule has 0 fully saturated rings. The molecule has 4 N–H and O–H groups in total. The zero-order valence-corrected chi connectivity index (χ0v) is 19.5. The van der Waals surface area contributed by atoms with Gasteiger partial charge in [0.25, 0.3) is 0 Å². The smallest absolute Gasteiger partial charge is 0.169 e. The number of hydrogen-bond donors (Lipinski definition) is 3. The molecule has 1 aromatic carbocycles. The van der Waals surface area contributed by atoms with Crippen molar-refractivity contribution in [2.75, 3.05) is 12.3 Å². The van der Waals surface area contributed by atoms with E-state index in [-0.39, 0.29) is 11.5 Å². The van der Waals surface area contributed by atoms with Gasteiger partial charge in [-0.05, 0) is 36.8 Å². The normalized spacial score (nSPS) is 10.8. The van der Waals surface area contributed by atoms with Crippen molar-refractivity contribution in [2.24, 2.45) is 5.10 Å². The molecule has 0 aliphatic rings. The Morgan fingerprint density at radius 2 is 1.85 bits per heavy atom. The van der Waals surface area contributed by atoms with Gasteiger partial charge in [0.15, 0.2) is 17.3 Å².